The summed E-state index contributed by atoms with van der Waals surface area (Å²) in [4.78, 5) is 24.5. The molecule has 2 aromatic rings. The van der Waals surface area contributed by atoms with Crippen molar-refractivity contribution in [2.45, 2.75) is 40.2 Å². The third kappa shape index (κ3) is 5.43. The van der Waals surface area contributed by atoms with E-state index < -0.39 is 5.41 Å². The van der Waals surface area contributed by atoms with Gasteiger partial charge >= 0.3 is 0 Å². The minimum absolute atomic E-state index is 0.0739. The Morgan fingerprint density at radius 3 is 2.31 bits per heavy atom. The van der Waals surface area contributed by atoms with E-state index >= 15 is 0 Å². The van der Waals surface area contributed by atoms with Crippen LogP contribution in [0.2, 0.25) is 0 Å². The Morgan fingerprint density at radius 1 is 1.04 bits per heavy atom. The predicted octanol–water partition coefficient (Wildman–Crippen LogP) is 4.01. The molecule has 0 fully saturated rings. The van der Waals surface area contributed by atoms with Gasteiger partial charge in [-0.3, -0.25) is 9.59 Å². The summed E-state index contributed by atoms with van der Waals surface area (Å²) in [6, 6.07) is 14.6. The third-order valence-corrected chi connectivity index (χ3v) is 4.08. The smallest absolute Gasteiger partial charge is 0.229 e. The first kappa shape index (κ1) is 19.7. The molecular formula is C21H27N3O2. The molecule has 4 N–H and O–H groups in total. The van der Waals surface area contributed by atoms with E-state index in [0.29, 0.717) is 11.4 Å². The molecule has 138 valence electrons. The van der Waals surface area contributed by atoms with Crippen LogP contribution in [0, 0.1) is 12.3 Å². The standard InChI is InChI=1S/C21H27N3O2/c1-14-10-11-16(12-18(14)24-20(26)21(2,3)4)23-19(25)13-17(22)15-8-6-5-7-9-15/h5-12,17H,13,22H2,1-4H3,(H,23,25)(H,24,26). The number of anilines is 2. The van der Waals surface area contributed by atoms with Crippen molar-refractivity contribution in [2.24, 2.45) is 11.1 Å². The molecule has 26 heavy (non-hydrogen) atoms. The normalized spacial score (nSPS) is 12.3. The maximum atomic E-state index is 12.3. The summed E-state index contributed by atoms with van der Waals surface area (Å²) in [5, 5.41) is 5.77. The van der Waals surface area contributed by atoms with Crippen molar-refractivity contribution in [3.05, 3.63) is 59.7 Å². The van der Waals surface area contributed by atoms with Crippen LogP contribution in [0.5, 0.6) is 0 Å². The van der Waals surface area contributed by atoms with Crippen molar-refractivity contribution in [3.8, 4) is 0 Å². The van der Waals surface area contributed by atoms with E-state index in [9.17, 15) is 9.59 Å². The van der Waals surface area contributed by atoms with Crippen LogP contribution in [0.15, 0.2) is 48.5 Å². The fraction of sp³-hybridized carbons (Fsp3) is 0.333. The largest absolute Gasteiger partial charge is 0.326 e. The highest BCUT2D eigenvalue weighted by Crippen LogP contribution is 2.24. The van der Waals surface area contributed by atoms with Crippen molar-refractivity contribution in [2.75, 3.05) is 10.6 Å². The first-order valence-corrected chi connectivity index (χ1v) is 8.69. The first-order valence-electron chi connectivity index (χ1n) is 8.69. The van der Waals surface area contributed by atoms with Gasteiger partial charge in [0.15, 0.2) is 0 Å². The average Bonchev–Trinajstić information content (AvgIpc) is 2.57. The summed E-state index contributed by atoms with van der Waals surface area (Å²) in [7, 11) is 0. The van der Waals surface area contributed by atoms with Gasteiger partial charge in [-0.1, -0.05) is 57.2 Å². The second-order valence-corrected chi connectivity index (χ2v) is 7.50. The van der Waals surface area contributed by atoms with Gasteiger partial charge in [-0.05, 0) is 30.2 Å². The molecule has 0 saturated heterocycles. The zero-order valence-corrected chi connectivity index (χ0v) is 15.8. The van der Waals surface area contributed by atoms with E-state index in [1.807, 2.05) is 70.2 Å². The molecule has 0 spiro atoms. The second-order valence-electron chi connectivity index (χ2n) is 7.50. The predicted molar refractivity (Wildman–Crippen MR) is 106 cm³/mol. The van der Waals surface area contributed by atoms with Gasteiger partial charge in [0.2, 0.25) is 11.8 Å². The summed E-state index contributed by atoms with van der Waals surface area (Å²) >= 11 is 0. The van der Waals surface area contributed by atoms with Crippen LogP contribution in [0.25, 0.3) is 0 Å². The number of carbonyl (C=O) groups excluding carboxylic acids is 2. The monoisotopic (exact) mass is 353 g/mol. The fourth-order valence-corrected chi connectivity index (χ4v) is 2.37. The molecule has 0 saturated carbocycles. The molecule has 5 nitrogen and oxygen atoms in total. The number of carbonyl (C=O) groups is 2. The minimum atomic E-state index is -0.492. The van der Waals surface area contributed by atoms with Gasteiger partial charge in [-0.25, -0.2) is 0 Å². The lowest BCUT2D eigenvalue weighted by Crippen LogP contribution is -2.28. The van der Waals surface area contributed by atoms with Crippen molar-refractivity contribution in [1.29, 1.82) is 0 Å². The number of benzene rings is 2. The summed E-state index contributed by atoms with van der Waals surface area (Å²) in [5.74, 6) is -0.242. The highest BCUT2D eigenvalue weighted by molar-refractivity contribution is 5.97. The lowest BCUT2D eigenvalue weighted by atomic mass is 9.95. The highest BCUT2D eigenvalue weighted by Gasteiger charge is 2.22. The Labute approximate surface area is 155 Å². The maximum Gasteiger partial charge on any atom is 0.229 e. The molecule has 0 heterocycles. The summed E-state index contributed by atoms with van der Waals surface area (Å²) in [6.45, 7) is 7.48. The molecule has 2 rings (SSSR count). The fourth-order valence-electron chi connectivity index (χ4n) is 2.37. The Kier molecular flexibility index (Phi) is 6.16. The quantitative estimate of drug-likeness (QED) is 0.759. The van der Waals surface area contributed by atoms with E-state index in [4.69, 9.17) is 5.73 Å². The van der Waals surface area contributed by atoms with E-state index in [0.717, 1.165) is 11.1 Å². The molecule has 1 unspecified atom stereocenters. The molecule has 0 radical (unpaired) electrons. The van der Waals surface area contributed by atoms with Gasteiger partial charge in [-0.2, -0.15) is 0 Å². The van der Waals surface area contributed by atoms with E-state index in [1.165, 1.54) is 0 Å². The van der Waals surface area contributed by atoms with Gasteiger partial charge < -0.3 is 16.4 Å². The number of amides is 2. The molecule has 0 aromatic heterocycles. The Morgan fingerprint density at radius 2 is 1.69 bits per heavy atom. The lowest BCUT2D eigenvalue weighted by molar-refractivity contribution is -0.123. The molecule has 0 aliphatic heterocycles. The number of aryl methyl sites for hydroxylation is 1. The molecule has 1 atom stereocenters. The van der Waals surface area contributed by atoms with Crippen LogP contribution in [0.1, 0.15) is 44.4 Å². The van der Waals surface area contributed by atoms with Crippen LogP contribution in [0.4, 0.5) is 11.4 Å². The van der Waals surface area contributed by atoms with E-state index in [-0.39, 0.29) is 24.3 Å². The van der Waals surface area contributed by atoms with Crippen molar-refractivity contribution >= 4 is 23.2 Å². The zero-order chi connectivity index (χ0) is 19.3. The van der Waals surface area contributed by atoms with E-state index in [1.54, 1.807) is 6.07 Å². The Bertz CT molecular complexity index is 780. The van der Waals surface area contributed by atoms with Crippen molar-refractivity contribution < 1.29 is 9.59 Å². The topological polar surface area (TPSA) is 84.2 Å². The molecule has 2 amide bonds. The maximum absolute atomic E-state index is 12.3. The van der Waals surface area contributed by atoms with Gasteiger partial charge in [0.05, 0.1) is 0 Å². The number of hydrogen-bond donors (Lipinski definition) is 3. The number of hydrogen-bond acceptors (Lipinski definition) is 3. The summed E-state index contributed by atoms with van der Waals surface area (Å²) < 4.78 is 0. The zero-order valence-electron chi connectivity index (χ0n) is 15.8. The lowest BCUT2D eigenvalue weighted by Gasteiger charge is -2.19. The van der Waals surface area contributed by atoms with E-state index in [2.05, 4.69) is 10.6 Å². The number of nitrogens with one attached hydrogen (secondary N) is 2. The van der Waals surface area contributed by atoms with Crippen molar-refractivity contribution in [1.82, 2.24) is 0 Å². The van der Waals surface area contributed by atoms with Crippen LogP contribution in [-0.2, 0) is 9.59 Å². The van der Waals surface area contributed by atoms with Crippen LogP contribution in [0.3, 0.4) is 0 Å². The van der Waals surface area contributed by atoms with Crippen LogP contribution in [-0.4, -0.2) is 11.8 Å². The number of nitrogens with two attached hydrogens (primary N) is 1. The van der Waals surface area contributed by atoms with Crippen LogP contribution >= 0.6 is 0 Å². The summed E-state index contributed by atoms with van der Waals surface area (Å²) in [6.07, 6.45) is 0.182. The Balaban J connectivity index is 2.04. The summed E-state index contributed by atoms with van der Waals surface area (Å²) in [5.41, 5.74) is 8.78. The average molecular weight is 353 g/mol. The van der Waals surface area contributed by atoms with Gasteiger partial charge in [0.25, 0.3) is 0 Å². The molecule has 0 bridgehead atoms. The molecule has 5 heteroatoms. The Hall–Kier alpha value is -2.66. The highest BCUT2D eigenvalue weighted by atomic mass is 16.2. The molecule has 0 aliphatic carbocycles. The molecule has 2 aromatic carbocycles. The third-order valence-electron chi connectivity index (χ3n) is 4.08. The van der Waals surface area contributed by atoms with Gasteiger partial charge in [-0.15, -0.1) is 0 Å². The molecule has 0 aliphatic rings. The molecular weight excluding hydrogens is 326 g/mol. The first-order chi connectivity index (χ1) is 12.2. The van der Waals surface area contributed by atoms with Gasteiger partial charge in [0, 0.05) is 29.3 Å². The minimum Gasteiger partial charge on any atom is -0.326 e. The number of rotatable bonds is 5. The SMILES string of the molecule is Cc1ccc(NC(=O)CC(N)c2ccccc2)cc1NC(=O)C(C)(C)C. The van der Waals surface area contributed by atoms with Gasteiger partial charge in [0.1, 0.15) is 0 Å². The van der Waals surface area contributed by atoms with Crippen LogP contribution < -0.4 is 16.4 Å². The van der Waals surface area contributed by atoms with Crippen molar-refractivity contribution in [3.63, 3.8) is 0 Å². The second kappa shape index (κ2) is 8.15.